The number of hydrogen-bond donors (Lipinski definition) is 1. The molecule has 0 spiro atoms. The van der Waals surface area contributed by atoms with Crippen molar-refractivity contribution >= 4 is 45.7 Å². The maximum absolute atomic E-state index is 12.9. The summed E-state index contributed by atoms with van der Waals surface area (Å²) in [7, 11) is 0. The second kappa shape index (κ2) is 13.0. The number of rotatable bonds is 13. The highest BCUT2D eigenvalue weighted by Crippen LogP contribution is 2.35. The highest BCUT2D eigenvalue weighted by Gasteiger charge is 2.40. The van der Waals surface area contributed by atoms with Gasteiger partial charge in [0.05, 0.1) is 30.1 Å². The molecule has 40 heavy (non-hydrogen) atoms. The van der Waals surface area contributed by atoms with E-state index in [2.05, 4.69) is 11.2 Å². The molecular formula is C31H35NO8. The van der Waals surface area contributed by atoms with Gasteiger partial charge in [0.2, 0.25) is 0 Å². The van der Waals surface area contributed by atoms with Gasteiger partial charge in [0.15, 0.2) is 6.79 Å². The van der Waals surface area contributed by atoms with Crippen molar-refractivity contribution in [1.29, 1.82) is 0 Å². The third-order valence-corrected chi connectivity index (χ3v) is 7.49. The molecule has 9 nitrogen and oxygen atoms in total. The zero-order valence-electron chi connectivity index (χ0n) is 23.0. The van der Waals surface area contributed by atoms with Crippen molar-refractivity contribution in [2.45, 2.75) is 46.1 Å². The van der Waals surface area contributed by atoms with Gasteiger partial charge in [-0.2, -0.15) is 0 Å². The Morgan fingerprint density at radius 3 is 2.27 bits per heavy atom. The summed E-state index contributed by atoms with van der Waals surface area (Å²) in [6, 6.07) is 17.9. The van der Waals surface area contributed by atoms with Gasteiger partial charge in [-0.3, -0.25) is 9.59 Å². The van der Waals surface area contributed by atoms with Crippen LogP contribution < -0.4 is 0 Å². The number of esters is 2. The number of ether oxygens (including phenoxy) is 3. The van der Waals surface area contributed by atoms with Crippen LogP contribution in [-0.4, -0.2) is 55.3 Å². The van der Waals surface area contributed by atoms with Gasteiger partial charge in [-0.15, -0.1) is 0 Å². The Bertz CT molecular complexity index is 1340. The maximum atomic E-state index is 12.9. The Hall–Kier alpha value is -3.82. The Kier molecular flexibility index (Phi) is 9.50. The summed E-state index contributed by atoms with van der Waals surface area (Å²) in [5, 5.41) is 17.2. The standard InChI is InChI=1S/C31H35NO8/c1-4-31(3,30(36)38-18-24-17-37-24)15-23(29(35)39-19-33)13-20(2)28(34)40-32-16-27-25-11-7-5-9-21(25)14-22-10-6-8-12-26(22)27/h5-12,14,16,20,23-24,33H,4,13,15,17-19H2,1-3H3. The normalized spacial score (nSPS) is 17.8. The fourth-order valence-corrected chi connectivity index (χ4v) is 4.80. The first-order chi connectivity index (χ1) is 19.3. The first-order valence-corrected chi connectivity index (χ1v) is 13.5. The molecule has 0 bridgehead atoms. The fourth-order valence-electron chi connectivity index (χ4n) is 4.80. The molecule has 4 atom stereocenters. The smallest absolute Gasteiger partial charge is 0.337 e. The molecule has 0 aromatic heterocycles. The van der Waals surface area contributed by atoms with Crippen LogP contribution in [0.25, 0.3) is 21.5 Å². The molecule has 0 aliphatic carbocycles. The molecule has 4 unspecified atom stereocenters. The minimum Gasteiger partial charge on any atom is -0.462 e. The summed E-state index contributed by atoms with van der Waals surface area (Å²) in [5.41, 5.74) is -0.169. The SMILES string of the molecule is CCC(C)(CC(CC(C)C(=O)ON=Cc1c2ccccc2cc2ccccc12)C(=O)OCO)C(=O)OCC1CO1. The summed E-state index contributed by atoms with van der Waals surface area (Å²) in [5.74, 6) is -3.38. The molecule has 0 radical (unpaired) electrons. The molecule has 3 aromatic carbocycles. The summed E-state index contributed by atoms with van der Waals surface area (Å²) in [6.07, 6.45) is 1.97. The van der Waals surface area contributed by atoms with Crippen LogP contribution in [0.3, 0.4) is 0 Å². The maximum Gasteiger partial charge on any atom is 0.337 e. The predicted molar refractivity (Wildman–Crippen MR) is 149 cm³/mol. The van der Waals surface area contributed by atoms with Crippen LogP contribution in [-0.2, 0) is 33.4 Å². The minimum atomic E-state index is -0.995. The summed E-state index contributed by atoms with van der Waals surface area (Å²) in [6.45, 7) is 5.07. The van der Waals surface area contributed by atoms with Crippen LogP contribution in [0.2, 0.25) is 0 Å². The van der Waals surface area contributed by atoms with Crippen molar-refractivity contribution in [2.75, 3.05) is 20.0 Å². The van der Waals surface area contributed by atoms with E-state index in [1.165, 1.54) is 6.21 Å². The Morgan fingerprint density at radius 1 is 1.07 bits per heavy atom. The first kappa shape index (κ1) is 29.2. The van der Waals surface area contributed by atoms with Gasteiger partial charge in [-0.25, -0.2) is 4.79 Å². The third kappa shape index (κ3) is 7.03. The Balaban J connectivity index is 1.46. The molecule has 1 N–H and O–H groups in total. The van der Waals surface area contributed by atoms with Crippen molar-refractivity contribution in [3.05, 3.63) is 60.2 Å². The monoisotopic (exact) mass is 549 g/mol. The number of benzene rings is 3. The van der Waals surface area contributed by atoms with Gasteiger partial charge >= 0.3 is 17.9 Å². The topological polar surface area (TPSA) is 124 Å². The second-order valence-electron chi connectivity index (χ2n) is 10.5. The average Bonchev–Trinajstić information content (AvgIpc) is 3.79. The van der Waals surface area contributed by atoms with Crippen LogP contribution in [0.5, 0.6) is 0 Å². The van der Waals surface area contributed by atoms with E-state index in [-0.39, 0.29) is 25.6 Å². The lowest BCUT2D eigenvalue weighted by atomic mass is 9.76. The molecule has 1 aliphatic rings. The number of carbonyl (C=O) groups is 3. The Morgan fingerprint density at radius 2 is 1.70 bits per heavy atom. The summed E-state index contributed by atoms with van der Waals surface area (Å²) >= 11 is 0. The van der Waals surface area contributed by atoms with E-state index in [0.717, 1.165) is 27.1 Å². The summed E-state index contributed by atoms with van der Waals surface area (Å²) < 4.78 is 15.3. The predicted octanol–water partition coefficient (Wildman–Crippen LogP) is 4.75. The van der Waals surface area contributed by atoms with E-state index in [4.69, 9.17) is 24.2 Å². The fraction of sp³-hybridized carbons (Fsp3) is 0.419. The number of epoxide rings is 1. The average molecular weight is 550 g/mol. The van der Waals surface area contributed by atoms with Crippen molar-refractivity contribution < 1.29 is 38.5 Å². The number of oxime groups is 1. The molecular weight excluding hydrogens is 514 g/mol. The molecule has 1 heterocycles. The van der Waals surface area contributed by atoms with Crippen LogP contribution in [0.1, 0.15) is 45.6 Å². The molecule has 212 valence electrons. The van der Waals surface area contributed by atoms with E-state index in [1.807, 2.05) is 55.5 Å². The quantitative estimate of drug-likeness (QED) is 0.0616. The summed E-state index contributed by atoms with van der Waals surface area (Å²) in [4.78, 5) is 43.7. The lowest BCUT2D eigenvalue weighted by Crippen LogP contribution is -2.36. The van der Waals surface area contributed by atoms with Gasteiger partial charge in [-0.1, -0.05) is 67.5 Å². The Labute approximate surface area is 233 Å². The lowest BCUT2D eigenvalue weighted by Gasteiger charge is -2.30. The van der Waals surface area contributed by atoms with Crippen LogP contribution in [0.15, 0.2) is 59.8 Å². The van der Waals surface area contributed by atoms with Gasteiger partial charge < -0.3 is 24.2 Å². The first-order valence-electron chi connectivity index (χ1n) is 13.5. The van der Waals surface area contributed by atoms with Gasteiger partial charge in [-0.05, 0) is 53.8 Å². The van der Waals surface area contributed by atoms with Crippen molar-refractivity contribution in [1.82, 2.24) is 0 Å². The molecule has 9 heteroatoms. The van der Waals surface area contributed by atoms with E-state index >= 15 is 0 Å². The number of carbonyl (C=O) groups excluding carboxylic acids is 3. The van der Waals surface area contributed by atoms with Crippen LogP contribution in [0, 0.1) is 17.3 Å². The highest BCUT2D eigenvalue weighted by molar-refractivity contribution is 6.13. The molecule has 3 aromatic rings. The third-order valence-electron chi connectivity index (χ3n) is 7.49. The minimum absolute atomic E-state index is 0.0407. The van der Waals surface area contributed by atoms with Gasteiger partial charge in [0.25, 0.3) is 0 Å². The van der Waals surface area contributed by atoms with Crippen LogP contribution >= 0.6 is 0 Å². The number of hydrogen-bond acceptors (Lipinski definition) is 9. The van der Waals surface area contributed by atoms with E-state index < -0.39 is 42.0 Å². The van der Waals surface area contributed by atoms with Crippen molar-refractivity contribution in [3.63, 3.8) is 0 Å². The zero-order chi connectivity index (χ0) is 28.7. The van der Waals surface area contributed by atoms with E-state index in [1.54, 1.807) is 13.8 Å². The molecule has 1 fully saturated rings. The lowest BCUT2D eigenvalue weighted by molar-refractivity contribution is -0.163. The molecule has 0 saturated carbocycles. The number of aliphatic hydroxyl groups excluding tert-OH is 1. The number of nitrogens with zero attached hydrogens (tertiary/aromatic N) is 1. The van der Waals surface area contributed by atoms with Gasteiger partial charge in [0, 0.05) is 5.56 Å². The molecule has 0 amide bonds. The van der Waals surface area contributed by atoms with Crippen molar-refractivity contribution in [2.24, 2.45) is 22.4 Å². The number of fused-ring (bicyclic) bond motifs is 2. The van der Waals surface area contributed by atoms with Crippen LogP contribution in [0.4, 0.5) is 0 Å². The zero-order valence-corrected chi connectivity index (χ0v) is 23.0. The molecule has 4 rings (SSSR count). The van der Waals surface area contributed by atoms with Gasteiger partial charge in [0.1, 0.15) is 12.7 Å². The molecule has 1 saturated heterocycles. The highest BCUT2D eigenvalue weighted by atomic mass is 16.7. The van der Waals surface area contributed by atoms with E-state index in [9.17, 15) is 14.4 Å². The number of aliphatic hydroxyl groups is 1. The second-order valence-corrected chi connectivity index (χ2v) is 10.5. The van der Waals surface area contributed by atoms with E-state index in [0.29, 0.717) is 13.0 Å². The molecule has 1 aliphatic heterocycles. The van der Waals surface area contributed by atoms with Crippen molar-refractivity contribution in [3.8, 4) is 0 Å². The largest absolute Gasteiger partial charge is 0.462 e.